The SMILES string of the molecule is CCN(CC)C(=O)CN(C)C(=O)COC(=O)c1cccc(C)c1N. The molecular formula is C17H25N3O4. The van der Waals surface area contributed by atoms with Gasteiger partial charge in [0.25, 0.3) is 5.91 Å². The first kappa shape index (κ1) is 19.5. The van der Waals surface area contributed by atoms with Crippen molar-refractivity contribution in [3.05, 3.63) is 29.3 Å². The molecule has 0 saturated carbocycles. The number of hydrogen-bond donors (Lipinski definition) is 1. The van der Waals surface area contributed by atoms with Crippen LogP contribution in [-0.4, -0.2) is 60.9 Å². The Labute approximate surface area is 142 Å². The Morgan fingerprint density at radius 1 is 1.12 bits per heavy atom. The fourth-order valence-corrected chi connectivity index (χ4v) is 2.14. The number of ether oxygens (including phenoxy) is 1. The van der Waals surface area contributed by atoms with E-state index in [-0.39, 0.29) is 18.0 Å². The molecule has 0 aliphatic carbocycles. The quantitative estimate of drug-likeness (QED) is 0.594. The molecule has 7 heteroatoms. The highest BCUT2D eigenvalue weighted by molar-refractivity contribution is 5.97. The zero-order valence-corrected chi connectivity index (χ0v) is 14.7. The zero-order valence-electron chi connectivity index (χ0n) is 14.7. The van der Waals surface area contributed by atoms with E-state index in [1.807, 2.05) is 13.8 Å². The third kappa shape index (κ3) is 4.97. The smallest absolute Gasteiger partial charge is 0.340 e. The number of esters is 1. The van der Waals surface area contributed by atoms with Gasteiger partial charge in [-0.1, -0.05) is 12.1 Å². The van der Waals surface area contributed by atoms with E-state index in [1.165, 1.54) is 11.9 Å². The Balaban J connectivity index is 2.57. The first-order valence-corrected chi connectivity index (χ1v) is 7.85. The van der Waals surface area contributed by atoms with Gasteiger partial charge >= 0.3 is 5.97 Å². The third-order valence-electron chi connectivity index (χ3n) is 3.79. The third-order valence-corrected chi connectivity index (χ3v) is 3.79. The maximum Gasteiger partial charge on any atom is 0.340 e. The van der Waals surface area contributed by atoms with Gasteiger partial charge in [-0.25, -0.2) is 4.79 Å². The van der Waals surface area contributed by atoms with Gasteiger partial charge in [0.15, 0.2) is 6.61 Å². The van der Waals surface area contributed by atoms with E-state index in [4.69, 9.17) is 10.5 Å². The number of para-hydroxylation sites is 1. The molecule has 0 aliphatic rings. The first-order chi connectivity index (χ1) is 11.3. The Hall–Kier alpha value is -2.57. The van der Waals surface area contributed by atoms with Crippen LogP contribution >= 0.6 is 0 Å². The van der Waals surface area contributed by atoms with Gasteiger partial charge in [-0.15, -0.1) is 0 Å². The van der Waals surface area contributed by atoms with Crippen LogP contribution in [0.5, 0.6) is 0 Å². The second kappa shape index (κ2) is 8.90. The maximum atomic E-state index is 12.0. The van der Waals surface area contributed by atoms with Crippen LogP contribution in [0.3, 0.4) is 0 Å². The van der Waals surface area contributed by atoms with Crippen molar-refractivity contribution in [2.45, 2.75) is 20.8 Å². The molecule has 0 spiro atoms. The van der Waals surface area contributed by atoms with Gasteiger partial charge in [0, 0.05) is 25.8 Å². The summed E-state index contributed by atoms with van der Waals surface area (Å²) in [4.78, 5) is 38.9. The van der Waals surface area contributed by atoms with Crippen molar-refractivity contribution < 1.29 is 19.1 Å². The summed E-state index contributed by atoms with van der Waals surface area (Å²) in [5.41, 5.74) is 7.15. The monoisotopic (exact) mass is 335 g/mol. The molecule has 0 aliphatic heterocycles. The molecule has 0 atom stereocenters. The summed E-state index contributed by atoms with van der Waals surface area (Å²) in [6.45, 7) is 6.20. The average Bonchev–Trinajstić information content (AvgIpc) is 2.55. The average molecular weight is 335 g/mol. The number of carbonyl (C=O) groups excluding carboxylic acids is 3. The van der Waals surface area contributed by atoms with Crippen LogP contribution in [-0.2, 0) is 14.3 Å². The van der Waals surface area contributed by atoms with Crippen molar-refractivity contribution in [3.63, 3.8) is 0 Å². The fourth-order valence-electron chi connectivity index (χ4n) is 2.14. The minimum Gasteiger partial charge on any atom is -0.452 e. The van der Waals surface area contributed by atoms with E-state index in [9.17, 15) is 14.4 Å². The molecule has 0 aromatic heterocycles. The van der Waals surface area contributed by atoms with Crippen molar-refractivity contribution in [1.29, 1.82) is 0 Å². The molecule has 1 aromatic carbocycles. The number of nitrogen functional groups attached to an aromatic ring is 1. The van der Waals surface area contributed by atoms with Gasteiger partial charge in [-0.3, -0.25) is 9.59 Å². The molecule has 0 fully saturated rings. The van der Waals surface area contributed by atoms with Crippen LogP contribution in [0.4, 0.5) is 5.69 Å². The number of amides is 2. The van der Waals surface area contributed by atoms with Crippen molar-refractivity contribution in [3.8, 4) is 0 Å². The fraction of sp³-hybridized carbons (Fsp3) is 0.471. The first-order valence-electron chi connectivity index (χ1n) is 7.85. The number of rotatable bonds is 7. The molecule has 7 nitrogen and oxygen atoms in total. The Kier molecular flexibility index (Phi) is 7.23. The molecule has 1 rings (SSSR count). The summed E-state index contributed by atoms with van der Waals surface area (Å²) in [6.07, 6.45) is 0. The van der Waals surface area contributed by atoms with Crippen LogP contribution in [0.25, 0.3) is 0 Å². The number of anilines is 1. The summed E-state index contributed by atoms with van der Waals surface area (Å²) >= 11 is 0. The number of nitrogens with two attached hydrogens (primary N) is 1. The largest absolute Gasteiger partial charge is 0.452 e. The number of likely N-dealkylation sites (N-methyl/N-ethyl adjacent to an activating group) is 2. The van der Waals surface area contributed by atoms with Crippen LogP contribution < -0.4 is 5.73 Å². The summed E-state index contributed by atoms with van der Waals surface area (Å²) in [5.74, 6) is -1.26. The van der Waals surface area contributed by atoms with Crippen molar-refractivity contribution in [2.24, 2.45) is 0 Å². The van der Waals surface area contributed by atoms with E-state index in [0.717, 1.165) is 5.56 Å². The number of carbonyl (C=O) groups is 3. The minimum atomic E-state index is -0.659. The number of aryl methyl sites for hydroxylation is 1. The highest BCUT2D eigenvalue weighted by Gasteiger charge is 2.19. The van der Waals surface area contributed by atoms with E-state index in [1.54, 1.807) is 30.0 Å². The standard InChI is InChI=1S/C17H25N3O4/c1-5-20(6-2)14(21)10-19(4)15(22)11-24-17(23)13-9-7-8-12(3)16(13)18/h7-9H,5-6,10-11,18H2,1-4H3. The summed E-state index contributed by atoms with van der Waals surface area (Å²) in [6, 6.07) is 5.02. The van der Waals surface area contributed by atoms with Crippen LogP contribution in [0.1, 0.15) is 29.8 Å². The second-order valence-electron chi connectivity index (χ2n) is 5.43. The van der Waals surface area contributed by atoms with Gasteiger partial charge in [0.05, 0.1) is 12.1 Å². The predicted octanol–water partition coefficient (Wildman–Crippen LogP) is 1.06. The molecule has 0 unspecified atom stereocenters. The lowest BCUT2D eigenvalue weighted by atomic mass is 10.1. The normalized spacial score (nSPS) is 10.2. The van der Waals surface area contributed by atoms with Crippen molar-refractivity contribution in [1.82, 2.24) is 9.80 Å². The molecule has 0 bridgehead atoms. The van der Waals surface area contributed by atoms with Gasteiger partial charge < -0.3 is 20.3 Å². The highest BCUT2D eigenvalue weighted by Crippen LogP contribution is 2.17. The Morgan fingerprint density at radius 2 is 1.75 bits per heavy atom. The van der Waals surface area contributed by atoms with E-state index >= 15 is 0 Å². The summed E-state index contributed by atoms with van der Waals surface area (Å²) in [7, 11) is 1.50. The van der Waals surface area contributed by atoms with Gasteiger partial charge in [0.1, 0.15) is 0 Å². The van der Waals surface area contributed by atoms with E-state index in [2.05, 4.69) is 0 Å². The van der Waals surface area contributed by atoms with Crippen LogP contribution in [0, 0.1) is 6.92 Å². The molecule has 0 heterocycles. The van der Waals surface area contributed by atoms with Crippen LogP contribution in [0.15, 0.2) is 18.2 Å². The number of hydrogen-bond acceptors (Lipinski definition) is 5. The lowest BCUT2D eigenvalue weighted by Gasteiger charge is -2.23. The maximum absolute atomic E-state index is 12.0. The Bertz CT molecular complexity index is 612. The molecule has 2 N–H and O–H groups in total. The zero-order chi connectivity index (χ0) is 18.3. The Morgan fingerprint density at radius 3 is 2.33 bits per heavy atom. The van der Waals surface area contributed by atoms with Gasteiger partial charge in [-0.2, -0.15) is 0 Å². The van der Waals surface area contributed by atoms with E-state index < -0.39 is 18.5 Å². The molecule has 24 heavy (non-hydrogen) atoms. The second-order valence-corrected chi connectivity index (χ2v) is 5.43. The van der Waals surface area contributed by atoms with Gasteiger partial charge in [0.2, 0.25) is 5.91 Å². The lowest BCUT2D eigenvalue weighted by molar-refractivity contribution is -0.140. The molecule has 0 saturated heterocycles. The van der Waals surface area contributed by atoms with E-state index in [0.29, 0.717) is 18.8 Å². The minimum absolute atomic E-state index is 0.0509. The molecule has 2 amide bonds. The van der Waals surface area contributed by atoms with Crippen molar-refractivity contribution in [2.75, 3.05) is 39.0 Å². The van der Waals surface area contributed by atoms with Crippen molar-refractivity contribution >= 4 is 23.5 Å². The predicted molar refractivity (Wildman–Crippen MR) is 91.4 cm³/mol. The molecule has 0 radical (unpaired) electrons. The summed E-state index contributed by atoms with van der Waals surface area (Å²) in [5, 5.41) is 0. The lowest BCUT2D eigenvalue weighted by Crippen LogP contribution is -2.42. The molecular weight excluding hydrogens is 310 g/mol. The molecule has 132 valence electrons. The molecule has 1 aromatic rings. The number of nitrogens with zero attached hydrogens (tertiary/aromatic N) is 2. The van der Waals surface area contributed by atoms with Gasteiger partial charge in [-0.05, 0) is 32.4 Å². The number of benzene rings is 1. The van der Waals surface area contributed by atoms with Crippen LogP contribution in [0.2, 0.25) is 0 Å². The highest BCUT2D eigenvalue weighted by atomic mass is 16.5. The summed E-state index contributed by atoms with van der Waals surface area (Å²) < 4.78 is 5.01. The topological polar surface area (TPSA) is 92.9 Å².